The van der Waals surface area contributed by atoms with Crippen LogP contribution in [-0.2, 0) is 4.74 Å². The van der Waals surface area contributed by atoms with Gasteiger partial charge in [0.1, 0.15) is 0 Å². The summed E-state index contributed by atoms with van der Waals surface area (Å²) in [5.74, 6) is 0.946. The Kier molecular flexibility index (Phi) is 8.88. The summed E-state index contributed by atoms with van der Waals surface area (Å²) in [4.78, 5) is 7.69. The second kappa shape index (κ2) is 10.7. The quantitative estimate of drug-likeness (QED) is 0.790. The van der Waals surface area contributed by atoms with Crippen molar-refractivity contribution >= 4 is 0 Å². The molecule has 0 atom stereocenters. The maximum absolute atomic E-state index is 5.89. The van der Waals surface area contributed by atoms with Gasteiger partial charge >= 0.3 is 0 Å². The molecule has 0 aromatic heterocycles. The number of hydrogen-bond acceptors (Lipinski definition) is 4. The lowest BCUT2D eigenvalue weighted by Crippen LogP contribution is -2.34. The fourth-order valence-electron chi connectivity index (χ4n) is 3.81. The molecule has 0 aliphatic carbocycles. The first-order chi connectivity index (χ1) is 11.1. The second-order valence-electron chi connectivity index (χ2n) is 7.83. The van der Waals surface area contributed by atoms with Gasteiger partial charge in [0.2, 0.25) is 0 Å². The number of likely N-dealkylation sites (tertiary alicyclic amines) is 1. The highest BCUT2D eigenvalue weighted by Crippen LogP contribution is 2.20. The van der Waals surface area contributed by atoms with Crippen molar-refractivity contribution < 1.29 is 4.74 Å². The Bertz CT molecular complexity index is 303. The molecule has 2 saturated heterocycles. The fraction of sp³-hybridized carbons (Fsp3) is 1.00. The van der Waals surface area contributed by atoms with E-state index in [2.05, 4.69) is 35.6 Å². The van der Waals surface area contributed by atoms with Crippen LogP contribution < -0.4 is 0 Å². The highest BCUT2D eigenvalue weighted by Gasteiger charge is 2.18. The molecule has 2 fully saturated rings. The molecule has 2 aliphatic heterocycles. The van der Waals surface area contributed by atoms with Crippen LogP contribution in [0.4, 0.5) is 0 Å². The van der Waals surface area contributed by atoms with Crippen LogP contribution in [0, 0.1) is 5.92 Å². The Morgan fingerprint density at radius 1 is 0.913 bits per heavy atom. The first kappa shape index (κ1) is 19.2. The van der Waals surface area contributed by atoms with Crippen molar-refractivity contribution in [2.45, 2.75) is 52.0 Å². The summed E-state index contributed by atoms with van der Waals surface area (Å²) >= 11 is 0. The van der Waals surface area contributed by atoms with Crippen LogP contribution in [0.15, 0.2) is 0 Å². The molecule has 0 spiro atoms. The van der Waals surface area contributed by atoms with E-state index in [9.17, 15) is 0 Å². The minimum atomic E-state index is 0.639. The molecule has 4 nitrogen and oxygen atoms in total. The van der Waals surface area contributed by atoms with Gasteiger partial charge in [-0.3, -0.25) is 4.90 Å². The fourth-order valence-corrected chi connectivity index (χ4v) is 3.81. The lowest BCUT2D eigenvalue weighted by molar-refractivity contribution is 0.0790. The Balaban J connectivity index is 1.69. The van der Waals surface area contributed by atoms with Crippen LogP contribution >= 0.6 is 0 Å². The summed E-state index contributed by atoms with van der Waals surface area (Å²) in [6.45, 7) is 14.9. The van der Waals surface area contributed by atoms with Gasteiger partial charge in [0.15, 0.2) is 0 Å². The van der Waals surface area contributed by atoms with Gasteiger partial charge in [-0.05, 0) is 91.6 Å². The van der Waals surface area contributed by atoms with E-state index >= 15 is 0 Å². The molecule has 0 radical (unpaired) electrons. The Morgan fingerprint density at radius 2 is 1.61 bits per heavy atom. The molecule has 0 N–H and O–H groups in total. The monoisotopic (exact) mass is 325 g/mol. The molecular formula is C19H39N3O. The highest BCUT2D eigenvalue weighted by molar-refractivity contribution is 4.72. The third-order valence-corrected chi connectivity index (χ3v) is 5.67. The van der Waals surface area contributed by atoms with E-state index < -0.39 is 0 Å². The van der Waals surface area contributed by atoms with Gasteiger partial charge in [0.05, 0.1) is 13.2 Å². The van der Waals surface area contributed by atoms with Crippen molar-refractivity contribution in [3.05, 3.63) is 0 Å². The summed E-state index contributed by atoms with van der Waals surface area (Å²) in [5, 5.41) is 0. The van der Waals surface area contributed by atoms with Crippen LogP contribution in [0.1, 0.15) is 46.0 Å². The van der Waals surface area contributed by atoms with Crippen molar-refractivity contribution in [2.24, 2.45) is 5.92 Å². The Hall–Kier alpha value is -0.160. The van der Waals surface area contributed by atoms with Crippen molar-refractivity contribution in [1.82, 2.24) is 14.7 Å². The predicted octanol–water partition coefficient (Wildman–Crippen LogP) is 2.54. The first-order valence-electron chi connectivity index (χ1n) is 9.88. The molecule has 23 heavy (non-hydrogen) atoms. The molecule has 0 amide bonds. The number of hydrogen-bond donors (Lipinski definition) is 0. The Morgan fingerprint density at radius 3 is 2.35 bits per heavy atom. The van der Waals surface area contributed by atoms with Gasteiger partial charge in [0, 0.05) is 19.1 Å². The van der Waals surface area contributed by atoms with Crippen molar-refractivity contribution in [3.63, 3.8) is 0 Å². The molecular weight excluding hydrogens is 286 g/mol. The van der Waals surface area contributed by atoms with E-state index in [-0.39, 0.29) is 0 Å². The summed E-state index contributed by atoms with van der Waals surface area (Å²) in [6, 6.07) is 0.639. The summed E-state index contributed by atoms with van der Waals surface area (Å²) in [6.07, 6.45) is 6.82. The minimum absolute atomic E-state index is 0.639. The van der Waals surface area contributed by atoms with Crippen LogP contribution in [0.2, 0.25) is 0 Å². The van der Waals surface area contributed by atoms with Gasteiger partial charge in [-0.25, -0.2) is 0 Å². The highest BCUT2D eigenvalue weighted by atomic mass is 16.5. The maximum atomic E-state index is 5.89. The zero-order valence-electron chi connectivity index (χ0n) is 15.8. The van der Waals surface area contributed by atoms with E-state index in [1.165, 1.54) is 64.8 Å². The smallest absolute Gasteiger partial charge is 0.0594 e. The standard InChI is InChI=1S/C19H39N3O/c1-18(2)22-10-5-4-9-21(14-16-23-17-15-22)13-8-19-6-11-20(3)12-7-19/h18-19H,4-17H2,1-3H3. The normalized spacial score (nSPS) is 25.6. The number of nitrogens with zero attached hydrogens (tertiary/aromatic N) is 3. The minimum Gasteiger partial charge on any atom is -0.379 e. The van der Waals surface area contributed by atoms with Crippen LogP contribution in [-0.4, -0.2) is 86.8 Å². The summed E-state index contributed by atoms with van der Waals surface area (Å²) < 4.78 is 5.89. The lowest BCUT2D eigenvalue weighted by Gasteiger charge is -2.31. The number of piperidine rings is 1. The maximum Gasteiger partial charge on any atom is 0.0594 e. The van der Waals surface area contributed by atoms with E-state index in [0.717, 1.165) is 32.2 Å². The van der Waals surface area contributed by atoms with Crippen LogP contribution in [0.3, 0.4) is 0 Å². The zero-order valence-corrected chi connectivity index (χ0v) is 15.8. The number of ether oxygens (including phenoxy) is 1. The van der Waals surface area contributed by atoms with Crippen molar-refractivity contribution in [2.75, 3.05) is 66.1 Å². The van der Waals surface area contributed by atoms with Crippen molar-refractivity contribution in [1.29, 1.82) is 0 Å². The zero-order chi connectivity index (χ0) is 16.5. The largest absolute Gasteiger partial charge is 0.379 e. The molecule has 4 heteroatoms. The molecule has 2 aliphatic rings. The van der Waals surface area contributed by atoms with E-state index in [0.29, 0.717) is 6.04 Å². The molecule has 136 valence electrons. The molecule has 2 rings (SSSR count). The van der Waals surface area contributed by atoms with E-state index in [4.69, 9.17) is 4.74 Å². The molecule has 0 aromatic carbocycles. The predicted molar refractivity (Wildman–Crippen MR) is 98.0 cm³/mol. The van der Waals surface area contributed by atoms with Crippen molar-refractivity contribution in [3.8, 4) is 0 Å². The van der Waals surface area contributed by atoms with Gasteiger partial charge < -0.3 is 14.5 Å². The van der Waals surface area contributed by atoms with Crippen LogP contribution in [0.5, 0.6) is 0 Å². The number of rotatable bonds is 4. The first-order valence-corrected chi connectivity index (χ1v) is 9.88. The molecule has 0 bridgehead atoms. The third-order valence-electron chi connectivity index (χ3n) is 5.67. The molecule has 2 heterocycles. The van der Waals surface area contributed by atoms with Gasteiger partial charge in [-0.2, -0.15) is 0 Å². The topological polar surface area (TPSA) is 19.0 Å². The average molecular weight is 326 g/mol. The van der Waals surface area contributed by atoms with Gasteiger partial charge in [-0.1, -0.05) is 0 Å². The third kappa shape index (κ3) is 7.51. The average Bonchev–Trinajstić information content (AvgIpc) is 2.59. The lowest BCUT2D eigenvalue weighted by atomic mass is 9.93. The SMILES string of the molecule is CC(C)N1CCCCN(CCC2CCN(C)CC2)CCOCC1. The molecule has 0 saturated carbocycles. The molecule has 0 unspecified atom stereocenters. The van der Waals surface area contributed by atoms with E-state index in [1.807, 2.05) is 0 Å². The van der Waals surface area contributed by atoms with Gasteiger partial charge in [0.25, 0.3) is 0 Å². The van der Waals surface area contributed by atoms with E-state index in [1.54, 1.807) is 0 Å². The Labute approximate surface area is 144 Å². The summed E-state index contributed by atoms with van der Waals surface area (Å²) in [7, 11) is 2.25. The van der Waals surface area contributed by atoms with Gasteiger partial charge in [-0.15, -0.1) is 0 Å². The van der Waals surface area contributed by atoms with Crippen LogP contribution in [0.25, 0.3) is 0 Å². The summed E-state index contributed by atoms with van der Waals surface area (Å²) in [5.41, 5.74) is 0. The molecule has 0 aromatic rings. The second-order valence-corrected chi connectivity index (χ2v) is 7.83.